The van der Waals surface area contributed by atoms with E-state index in [1.165, 1.54) is 17.0 Å². The van der Waals surface area contributed by atoms with Crippen molar-refractivity contribution in [2.75, 3.05) is 18.1 Å². The van der Waals surface area contributed by atoms with Crippen molar-refractivity contribution >= 4 is 15.7 Å². The maximum atomic E-state index is 13.2. The van der Waals surface area contributed by atoms with Crippen LogP contribution in [0.5, 0.6) is 5.75 Å². The summed E-state index contributed by atoms with van der Waals surface area (Å²) in [5, 5.41) is 0. The summed E-state index contributed by atoms with van der Waals surface area (Å²) in [6.07, 6.45) is 0.379. The zero-order chi connectivity index (χ0) is 22.7. The molecule has 0 saturated carbocycles. The fraction of sp³-hybridized carbons (Fsp3) is 0.292. The standard InChI is InChI=1S/C24H24FNO5S/c1-17-3-2-4-21(13-17)30-15-24(27)26(20-11-12-32(28,29)16-20)14-22-9-10-23(31-22)18-5-7-19(25)8-6-18/h2-10,13,20H,11-12,14-16H2,1H3. The molecular formula is C24H24FNO5S. The summed E-state index contributed by atoms with van der Waals surface area (Å²) in [5.41, 5.74) is 1.72. The molecule has 1 aliphatic heterocycles. The second-order valence-corrected chi connectivity index (χ2v) is 10.2. The molecular weight excluding hydrogens is 433 g/mol. The first-order chi connectivity index (χ1) is 15.3. The highest BCUT2D eigenvalue weighted by molar-refractivity contribution is 7.91. The molecule has 1 atom stereocenters. The average Bonchev–Trinajstić information content (AvgIpc) is 3.37. The molecule has 8 heteroatoms. The summed E-state index contributed by atoms with van der Waals surface area (Å²) in [7, 11) is -3.18. The third kappa shape index (κ3) is 5.37. The molecule has 1 amide bonds. The second kappa shape index (κ2) is 9.16. The average molecular weight is 458 g/mol. The molecule has 6 nitrogen and oxygen atoms in total. The zero-order valence-electron chi connectivity index (χ0n) is 17.7. The first-order valence-electron chi connectivity index (χ1n) is 10.3. The molecule has 2 heterocycles. The summed E-state index contributed by atoms with van der Waals surface area (Å²) in [6.45, 7) is 1.85. The Hall–Kier alpha value is -3.13. The number of carbonyl (C=O) groups is 1. The van der Waals surface area contributed by atoms with Gasteiger partial charge in [-0.3, -0.25) is 4.79 Å². The maximum Gasteiger partial charge on any atom is 0.261 e. The lowest BCUT2D eigenvalue weighted by molar-refractivity contribution is -0.136. The van der Waals surface area contributed by atoms with Crippen LogP contribution < -0.4 is 4.74 Å². The third-order valence-corrected chi connectivity index (χ3v) is 7.19. The van der Waals surface area contributed by atoms with Gasteiger partial charge in [-0.2, -0.15) is 0 Å². The van der Waals surface area contributed by atoms with E-state index in [-0.39, 0.29) is 36.4 Å². The van der Waals surface area contributed by atoms with Crippen LogP contribution in [-0.4, -0.2) is 43.4 Å². The molecule has 0 aliphatic carbocycles. The molecule has 1 aliphatic rings. The molecule has 0 N–H and O–H groups in total. The van der Waals surface area contributed by atoms with E-state index in [1.54, 1.807) is 30.3 Å². The number of aryl methyl sites for hydroxylation is 1. The fourth-order valence-electron chi connectivity index (χ4n) is 3.78. The lowest BCUT2D eigenvalue weighted by Crippen LogP contribution is -2.43. The van der Waals surface area contributed by atoms with Gasteiger partial charge in [0, 0.05) is 11.6 Å². The minimum atomic E-state index is -3.18. The molecule has 3 aromatic rings. The van der Waals surface area contributed by atoms with Crippen molar-refractivity contribution in [1.29, 1.82) is 0 Å². The van der Waals surface area contributed by atoms with E-state index < -0.39 is 15.9 Å². The van der Waals surface area contributed by atoms with Gasteiger partial charge in [0.1, 0.15) is 23.1 Å². The van der Waals surface area contributed by atoms with Crippen LogP contribution in [0.25, 0.3) is 11.3 Å². The second-order valence-electron chi connectivity index (χ2n) is 7.96. The number of hydrogen-bond donors (Lipinski definition) is 0. The predicted molar refractivity (Wildman–Crippen MR) is 118 cm³/mol. The maximum absolute atomic E-state index is 13.2. The molecule has 0 spiro atoms. The highest BCUT2D eigenvalue weighted by atomic mass is 32.2. The van der Waals surface area contributed by atoms with Gasteiger partial charge in [-0.25, -0.2) is 12.8 Å². The summed E-state index contributed by atoms with van der Waals surface area (Å²) in [6, 6.07) is 16.3. The van der Waals surface area contributed by atoms with E-state index in [2.05, 4.69) is 0 Å². The number of carbonyl (C=O) groups excluding carboxylic acids is 1. The van der Waals surface area contributed by atoms with Crippen molar-refractivity contribution < 1.29 is 26.8 Å². The number of ether oxygens (including phenoxy) is 1. The minimum absolute atomic E-state index is 0.0547. The molecule has 2 aromatic carbocycles. The quantitative estimate of drug-likeness (QED) is 0.536. The summed E-state index contributed by atoms with van der Waals surface area (Å²) >= 11 is 0. The Kier molecular flexibility index (Phi) is 6.32. The van der Waals surface area contributed by atoms with E-state index in [4.69, 9.17) is 9.15 Å². The van der Waals surface area contributed by atoms with Gasteiger partial charge in [0.25, 0.3) is 5.91 Å². The predicted octanol–water partition coefficient (Wildman–Crippen LogP) is 3.99. The number of rotatable bonds is 7. The van der Waals surface area contributed by atoms with Gasteiger partial charge in [-0.15, -0.1) is 0 Å². The van der Waals surface area contributed by atoms with Gasteiger partial charge in [0.2, 0.25) is 0 Å². The molecule has 0 bridgehead atoms. The van der Waals surface area contributed by atoms with E-state index in [1.807, 2.05) is 25.1 Å². The highest BCUT2D eigenvalue weighted by Gasteiger charge is 2.35. The Balaban J connectivity index is 1.50. The molecule has 32 heavy (non-hydrogen) atoms. The normalized spacial score (nSPS) is 17.2. The number of benzene rings is 2. The Bertz CT molecular complexity index is 1200. The Labute approximate surface area is 186 Å². The largest absolute Gasteiger partial charge is 0.484 e. The van der Waals surface area contributed by atoms with Crippen molar-refractivity contribution in [1.82, 2.24) is 4.90 Å². The van der Waals surface area contributed by atoms with Gasteiger partial charge < -0.3 is 14.1 Å². The Morgan fingerprint density at radius 3 is 2.62 bits per heavy atom. The first kappa shape index (κ1) is 22.1. The third-order valence-electron chi connectivity index (χ3n) is 5.44. The molecule has 168 valence electrons. The smallest absolute Gasteiger partial charge is 0.261 e. The summed E-state index contributed by atoms with van der Waals surface area (Å²) < 4.78 is 48.8. The summed E-state index contributed by atoms with van der Waals surface area (Å²) in [4.78, 5) is 14.6. The fourth-order valence-corrected chi connectivity index (χ4v) is 5.51. The van der Waals surface area contributed by atoms with E-state index in [0.29, 0.717) is 29.3 Å². The van der Waals surface area contributed by atoms with Crippen LogP contribution in [0.2, 0.25) is 0 Å². The van der Waals surface area contributed by atoms with Crippen LogP contribution in [0.15, 0.2) is 65.1 Å². The van der Waals surface area contributed by atoms with Crippen molar-refractivity contribution in [2.24, 2.45) is 0 Å². The lowest BCUT2D eigenvalue weighted by atomic mass is 10.2. The van der Waals surface area contributed by atoms with E-state index >= 15 is 0 Å². The number of furan rings is 1. The number of sulfone groups is 1. The zero-order valence-corrected chi connectivity index (χ0v) is 18.5. The molecule has 1 aromatic heterocycles. The van der Waals surface area contributed by atoms with E-state index in [0.717, 1.165) is 5.56 Å². The van der Waals surface area contributed by atoms with Crippen LogP contribution in [0, 0.1) is 12.7 Å². The Morgan fingerprint density at radius 2 is 1.94 bits per heavy atom. The van der Waals surface area contributed by atoms with Crippen LogP contribution >= 0.6 is 0 Å². The van der Waals surface area contributed by atoms with Crippen molar-refractivity contribution in [3.05, 3.63) is 77.8 Å². The van der Waals surface area contributed by atoms with Crippen molar-refractivity contribution in [3.8, 4) is 17.1 Å². The topological polar surface area (TPSA) is 76.8 Å². The van der Waals surface area contributed by atoms with Crippen LogP contribution in [-0.2, 0) is 21.2 Å². The molecule has 1 fully saturated rings. The van der Waals surface area contributed by atoms with E-state index in [9.17, 15) is 17.6 Å². The minimum Gasteiger partial charge on any atom is -0.484 e. The molecule has 4 rings (SSSR count). The Morgan fingerprint density at radius 1 is 1.16 bits per heavy atom. The lowest BCUT2D eigenvalue weighted by Gasteiger charge is -2.27. The molecule has 1 saturated heterocycles. The van der Waals surface area contributed by atoms with Gasteiger partial charge >= 0.3 is 0 Å². The first-order valence-corrected chi connectivity index (χ1v) is 12.2. The van der Waals surface area contributed by atoms with Gasteiger partial charge in [0.05, 0.1) is 18.1 Å². The molecule has 1 unspecified atom stereocenters. The summed E-state index contributed by atoms with van der Waals surface area (Å²) in [5.74, 6) is 0.962. The SMILES string of the molecule is Cc1cccc(OCC(=O)N(Cc2ccc(-c3ccc(F)cc3)o2)C2CCS(=O)(=O)C2)c1. The number of hydrogen-bond acceptors (Lipinski definition) is 5. The van der Waals surface area contributed by atoms with Crippen LogP contribution in [0.3, 0.4) is 0 Å². The monoisotopic (exact) mass is 457 g/mol. The van der Waals surface area contributed by atoms with Gasteiger partial charge in [-0.05, 0) is 67.4 Å². The van der Waals surface area contributed by atoms with Crippen molar-refractivity contribution in [3.63, 3.8) is 0 Å². The number of nitrogens with zero attached hydrogens (tertiary/aromatic N) is 1. The van der Waals surface area contributed by atoms with Crippen LogP contribution in [0.4, 0.5) is 4.39 Å². The molecule has 0 radical (unpaired) electrons. The van der Waals surface area contributed by atoms with Crippen molar-refractivity contribution in [2.45, 2.75) is 25.9 Å². The van der Waals surface area contributed by atoms with Gasteiger partial charge in [-0.1, -0.05) is 12.1 Å². The number of halogens is 1. The number of amides is 1. The highest BCUT2D eigenvalue weighted by Crippen LogP contribution is 2.26. The van der Waals surface area contributed by atoms with Gasteiger partial charge in [0.15, 0.2) is 16.4 Å². The van der Waals surface area contributed by atoms with Crippen LogP contribution in [0.1, 0.15) is 17.7 Å².